The van der Waals surface area contributed by atoms with Gasteiger partial charge in [0.2, 0.25) is 0 Å². The molecule has 0 aliphatic heterocycles. The van der Waals surface area contributed by atoms with E-state index in [0.29, 0.717) is 5.56 Å². The van der Waals surface area contributed by atoms with Crippen LogP contribution in [0.1, 0.15) is 16.1 Å². The minimum atomic E-state index is -4.48. The number of alkyl halides is 3. The molecule has 0 atom stereocenters. The van der Waals surface area contributed by atoms with Crippen LogP contribution in [0, 0.1) is 0 Å². The van der Waals surface area contributed by atoms with E-state index in [2.05, 4.69) is 5.10 Å². The first-order chi connectivity index (χ1) is 10.8. The van der Waals surface area contributed by atoms with E-state index in [9.17, 15) is 22.8 Å². The number of amides is 1. The van der Waals surface area contributed by atoms with Crippen LogP contribution in [0.4, 0.5) is 13.2 Å². The summed E-state index contributed by atoms with van der Waals surface area (Å²) in [6.45, 7) is -1.61. The van der Waals surface area contributed by atoms with E-state index in [1.165, 1.54) is 24.3 Å². The number of aromatic nitrogens is 2. The van der Waals surface area contributed by atoms with Crippen molar-refractivity contribution in [3.05, 3.63) is 58.0 Å². The Hall–Kier alpha value is -2.84. The van der Waals surface area contributed by atoms with Crippen LogP contribution in [0.3, 0.4) is 0 Å². The SMILES string of the molecule is NC(=O)c1ccc(=O)n(Cc2ccccc2OCC(F)(F)F)n1. The third kappa shape index (κ3) is 4.56. The van der Waals surface area contributed by atoms with Crippen molar-refractivity contribution in [3.8, 4) is 5.75 Å². The van der Waals surface area contributed by atoms with Gasteiger partial charge in [0.1, 0.15) is 11.4 Å². The van der Waals surface area contributed by atoms with E-state index in [1.807, 2.05) is 0 Å². The fourth-order valence-corrected chi connectivity index (χ4v) is 1.79. The molecule has 0 aliphatic rings. The molecule has 0 unspecified atom stereocenters. The van der Waals surface area contributed by atoms with Crippen molar-refractivity contribution >= 4 is 5.91 Å². The molecule has 23 heavy (non-hydrogen) atoms. The molecular weight excluding hydrogens is 315 g/mol. The molecule has 0 saturated carbocycles. The summed E-state index contributed by atoms with van der Waals surface area (Å²) in [6, 6.07) is 8.21. The molecule has 0 bridgehead atoms. The Morgan fingerprint density at radius 2 is 1.91 bits per heavy atom. The largest absolute Gasteiger partial charge is 0.484 e. The average Bonchev–Trinajstić information content (AvgIpc) is 2.47. The lowest BCUT2D eigenvalue weighted by Crippen LogP contribution is -2.27. The summed E-state index contributed by atoms with van der Waals surface area (Å²) in [5.74, 6) is -0.844. The Bertz CT molecular complexity index is 772. The van der Waals surface area contributed by atoms with Crippen LogP contribution in [-0.2, 0) is 6.54 Å². The highest BCUT2D eigenvalue weighted by atomic mass is 19.4. The van der Waals surface area contributed by atoms with Crippen LogP contribution in [0.25, 0.3) is 0 Å². The first-order valence-corrected chi connectivity index (χ1v) is 6.42. The second-order valence-corrected chi connectivity index (χ2v) is 4.59. The Balaban J connectivity index is 2.29. The predicted octanol–water partition coefficient (Wildman–Crippen LogP) is 1.33. The Morgan fingerprint density at radius 3 is 2.57 bits per heavy atom. The lowest BCUT2D eigenvalue weighted by Gasteiger charge is -2.13. The van der Waals surface area contributed by atoms with Crippen molar-refractivity contribution < 1.29 is 22.7 Å². The predicted molar refractivity (Wildman–Crippen MR) is 74.1 cm³/mol. The maximum Gasteiger partial charge on any atom is 0.422 e. The summed E-state index contributed by atoms with van der Waals surface area (Å²) in [5, 5.41) is 3.77. The Morgan fingerprint density at radius 1 is 1.22 bits per heavy atom. The van der Waals surface area contributed by atoms with Gasteiger partial charge in [0.15, 0.2) is 6.61 Å². The lowest BCUT2D eigenvalue weighted by atomic mass is 10.2. The van der Waals surface area contributed by atoms with Gasteiger partial charge in [-0.05, 0) is 12.1 Å². The molecule has 6 nitrogen and oxygen atoms in total. The van der Waals surface area contributed by atoms with Gasteiger partial charge in [-0.2, -0.15) is 18.3 Å². The number of rotatable bonds is 5. The number of halogens is 3. The number of carbonyl (C=O) groups is 1. The first kappa shape index (κ1) is 16.5. The minimum Gasteiger partial charge on any atom is -0.484 e. The molecule has 2 aromatic rings. The standard InChI is InChI=1S/C14H12F3N3O3/c15-14(16,17)8-23-11-4-2-1-3-9(11)7-20-12(21)6-5-10(19-20)13(18)22/h1-6H,7-8H2,(H2,18,22). The zero-order chi connectivity index (χ0) is 17.0. The van der Waals surface area contributed by atoms with Gasteiger partial charge < -0.3 is 10.5 Å². The molecule has 0 radical (unpaired) electrons. The van der Waals surface area contributed by atoms with Gasteiger partial charge in [-0.3, -0.25) is 9.59 Å². The fraction of sp³-hybridized carbons (Fsp3) is 0.214. The van der Waals surface area contributed by atoms with Gasteiger partial charge >= 0.3 is 6.18 Å². The van der Waals surface area contributed by atoms with Crippen LogP contribution in [0.2, 0.25) is 0 Å². The second-order valence-electron chi connectivity index (χ2n) is 4.59. The number of nitrogens with zero attached hydrogens (tertiary/aromatic N) is 2. The van der Waals surface area contributed by atoms with Gasteiger partial charge in [-0.15, -0.1) is 0 Å². The molecule has 0 fully saturated rings. The molecule has 2 N–H and O–H groups in total. The summed E-state index contributed by atoms with van der Waals surface area (Å²) in [5.41, 5.74) is 4.74. The maximum absolute atomic E-state index is 12.3. The zero-order valence-corrected chi connectivity index (χ0v) is 11.7. The van der Waals surface area contributed by atoms with Crippen LogP contribution < -0.4 is 16.0 Å². The van der Waals surface area contributed by atoms with Crippen molar-refractivity contribution in [2.24, 2.45) is 5.73 Å². The van der Waals surface area contributed by atoms with E-state index in [0.717, 1.165) is 10.7 Å². The van der Waals surface area contributed by atoms with Crippen molar-refractivity contribution in [3.63, 3.8) is 0 Å². The molecule has 1 heterocycles. The van der Waals surface area contributed by atoms with E-state index < -0.39 is 24.2 Å². The number of nitrogens with two attached hydrogens (primary N) is 1. The van der Waals surface area contributed by atoms with Crippen molar-refractivity contribution in [2.45, 2.75) is 12.7 Å². The molecule has 122 valence electrons. The molecular formula is C14H12F3N3O3. The van der Waals surface area contributed by atoms with Gasteiger partial charge in [0.25, 0.3) is 11.5 Å². The smallest absolute Gasteiger partial charge is 0.422 e. The topological polar surface area (TPSA) is 87.2 Å². The van der Waals surface area contributed by atoms with Crippen molar-refractivity contribution in [2.75, 3.05) is 6.61 Å². The number of para-hydroxylation sites is 1. The monoisotopic (exact) mass is 327 g/mol. The molecule has 2 rings (SSSR count). The van der Waals surface area contributed by atoms with Crippen molar-refractivity contribution in [1.82, 2.24) is 9.78 Å². The van der Waals surface area contributed by atoms with Gasteiger partial charge in [0.05, 0.1) is 6.54 Å². The van der Waals surface area contributed by atoms with E-state index in [1.54, 1.807) is 6.07 Å². The highest BCUT2D eigenvalue weighted by Crippen LogP contribution is 2.22. The van der Waals surface area contributed by atoms with Crippen molar-refractivity contribution in [1.29, 1.82) is 0 Å². The molecule has 1 aromatic carbocycles. The quantitative estimate of drug-likeness (QED) is 0.897. The highest BCUT2D eigenvalue weighted by molar-refractivity contribution is 5.90. The average molecular weight is 327 g/mol. The van der Waals surface area contributed by atoms with E-state index >= 15 is 0 Å². The number of carbonyl (C=O) groups excluding carboxylic acids is 1. The summed E-state index contributed by atoms with van der Waals surface area (Å²) < 4.78 is 42.4. The molecule has 1 aromatic heterocycles. The summed E-state index contributed by atoms with van der Waals surface area (Å²) in [4.78, 5) is 22.8. The summed E-state index contributed by atoms with van der Waals surface area (Å²) in [6.07, 6.45) is -4.48. The van der Waals surface area contributed by atoms with E-state index in [4.69, 9.17) is 10.5 Å². The molecule has 1 amide bonds. The van der Waals surface area contributed by atoms with Crippen LogP contribution >= 0.6 is 0 Å². The maximum atomic E-state index is 12.3. The first-order valence-electron chi connectivity index (χ1n) is 6.42. The number of hydrogen-bond donors (Lipinski definition) is 1. The minimum absolute atomic E-state index is 0.0250. The van der Waals surface area contributed by atoms with Crippen LogP contribution in [0.5, 0.6) is 5.75 Å². The number of hydrogen-bond acceptors (Lipinski definition) is 4. The molecule has 9 heteroatoms. The third-order valence-electron chi connectivity index (χ3n) is 2.80. The third-order valence-corrected chi connectivity index (χ3v) is 2.80. The number of primary amides is 1. The van der Waals surface area contributed by atoms with Crippen LogP contribution in [0.15, 0.2) is 41.2 Å². The van der Waals surface area contributed by atoms with Gasteiger partial charge in [-0.25, -0.2) is 4.68 Å². The summed E-state index contributed by atoms with van der Waals surface area (Å²) >= 11 is 0. The zero-order valence-electron chi connectivity index (χ0n) is 11.7. The molecule has 0 saturated heterocycles. The van der Waals surface area contributed by atoms with Gasteiger partial charge in [0, 0.05) is 11.6 Å². The number of benzene rings is 1. The van der Waals surface area contributed by atoms with Crippen LogP contribution in [-0.4, -0.2) is 28.5 Å². The molecule has 0 aliphatic carbocycles. The van der Waals surface area contributed by atoms with Gasteiger partial charge in [-0.1, -0.05) is 18.2 Å². The normalized spacial score (nSPS) is 11.3. The highest BCUT2D eigenvalue weighted by Gasteiger charge is 2.28. The lowest BCUT2D eigenvalue weighted by molar-refractivity contribution is -0.153. The Kier molecular flexibility index (Phi) is 4.68. The summed E-state index contributed by atoms with van der Waals surface area (Å²) in [7, 11) is 0. The number of ether oxygens (including phenoxy) is 1. The fourth-order valence-electron chi connectivity index (χ4n) is 1.79. The van der Waals surface area contributed by atoms with E-state index in [-0.39, 0.29) is 18.0 Å². The molecule has 0 spiro atoms. The Labute approximate surface area is 128 Å². The second kappa shape index (κ2) is 6.51.